The monoisotopic (exact) mass is 424 g/mol. The molecule has 1 N–H and O–H groups in total. The summed E-state index contributed by atoms with van der Waals surface area (Å²) in [6.07, 6.45) is 2.91. The second-order valence-corrected chi connectivity index (χ2v) is 7.03. The minimum absolute atomic E-state index is 0.172. The molecule has 0 saturated carbocycles. The third-order valence-corrected chi connectivity index (χ3v) is 5.07. The molecule has 0 aliphatic rings. The van der Waals surface area contributed by atoms with Gasteiger partial charge in [-0.25, -0.2) is 19.2 Å². The average molecular weight is 424 g/mol. The maximum Gasteiger partial charge on any atom is 0.333 e. The van der Waals surface area contributed by atoms with Crippen LogP contribution in [0.3, 0.4) is 0 Å². The Hall–Kier alpha value is -4.71. The molecule has 0 amide bonds. The largest absolute Gasteiger partial charge is 0.333 e. The summed E-state index contributed by atoms with van der Waals surface area (Å²) in [7, 11) is 0. The highest BCUT2D eigenvalue weighted by atomic mass is 19.1. The number of halogens is 1. The minimum atomic E-state index is -0.694. The van der Waals surface area contributed by atoms with Gasteiger partial charge < -0.3 is 0 Å². The van der Waals surface area contributed by atoms with Gasteiger partial charge >= 0.3 is 5.69 Å². The fourth-order valence-electron chi connectivity index (χ4n) is 3.56. The molecular weight excluding hydrogens is 411 g/mol. The number of pyridine rings is 3. The number of alkyl halides is 1. The molecule has 0 spiro atoms. The fraction of sp³-hybridized carbons (Fsp3) is 0.0435. The molecule has 4 aromatic heterocycles. The molecule has 9 heteroatoms. The number of fused-ring (bicyclic) bond motifs is 3. The highest BCUT2D eigenvalue weighted by molar-refractivity contribution is 6.01. The maximum absolute atomic E-state index is 13.3. The number of nitriles is 1. The van der Waals surface area contributed by atoms with Crippen molar-refractivity contribution in [2.75, 3.05) is 0 Å². The number of H-pyrrole nitrogens is 1. The van der Waals surface area contributed by atoms with Gasteiger partial charge in [-0.1, -0.05) is 12.1 Å². The summed E-state index contributed by atoms with van der Waals surface area (Å²) >= 11 is 0. The van der Waals surface area contributed by atoms with E-state index in [0.717, 1.165) is 0 Å². The third kappa shape index (κ3) is 3.11. The molecule has 0 saturated heterocycles. The number of hydrogen-bond donors (Lipinski definition) is 1. The van der Waals surface area contributed by atoms with Gasteiger partial charge in [0.05, 0.1) is 27.8 Å². The van der Waals surface area contributed by atoms with E-state index in [9.17, 15) is 14.0 Å². The lowest BCUT2D eigenvalue weighted by atomic mass is 10.1. The molecule has 0 fully saturated rings. The van der Waals surface area contributed by atoms with Crippen LogP contribution in [0.25, 0.3) is 38.9 Å². The first kappa shape index (κ1) is 19.3. The number of nitrogens with zero attached hydrogens (tertiary/aromatic N) is 5. The van der Waals surface area contributed by atoms with Crippen molar-refractivity contribution in [1.29, 1.82) is 5.26 Å². The molecule has 0 aliphatic carbocycles. The topological polar surface area (TPSA) is 117 Å². The molecule has 0 bridgehead atoms. The molecule has 1 aromatic carbocycles. The number of hydrogen-bond acceptors (Lipinski definition) is 6. The van der Waals surface area contributed by atoms with Crippen molar-refractivity contribution in [3.63, 3.8) is 0 Å². The van der Waals surface area contributed by atoms with Gasteiger partial charge in [-0.05, 0) is 42.0 Å². The van der Waals surface area contributed by atoms with Crippen LogP contribution in [0.4, 0.5) is 4.39 Å². The summed E-state index contributed by atoms with van der Waals surface area (Å²) in [6, 6.07) is 15.2. The Bertz CT molecular complexity index is 1670. The second-order valence-electron chi connectivity index (χ2n) is 7.03. The van der Waals surface area contributed by atoms with Gasteiger partial charge in [0, 0.05) is 18.0 Å². The van der Waals surface area contributed by atoms with Crippen molar-refractivity contribution >= 4 is 21.9 Å². The van der Waals surface area contributed by atoms with Gasteiger partial charge in [0.2, 0.25) is 0 Å². The second kappa shape index (κ2) is 7.52. The van der Waals surface area contributed by atoms with Gasteiger partial charge in [-0.2, -0.15) is 5.26 Å². The van der Waals surface area contributed by atoms with Crippen molar-refractivity contribution in [3.8, 4) is 23.0 Å². The van der Waals surface area contributed by atoms with Crippen LogP contribution in [0.2, 0.25) is 0 Å². The normalized spacial score (nSPS) is 11.0. The van der Waals surface area contributed by atoms with Gasteiger partial charge in [0.25, 0.3) is 5.56 Å². The predicted molar refractivity (Wildman–Crippen MR) is 116 cm³/mol. The molecule has 154 valence electrons. The number of aromatic amines is 1. The standard InChI is InChI=1S/C23H13FN6O2/c24-9-13-2-1-3-16(8-13)30-21-17(22(31)29-23(30)32)12-27-19-7-6-18(28-20(19)21)14-4-5-15(10-25)26-11-14/h1-8,11-12H,9H2,(H,29,31,32). The summed E-state index contributed by atoms with van der Waals surface area (Å²) in [5, 5.41) is 9.13. The Morgan fingerprint density at radius 1 is 1.06 bits per heavy atom. The van der Waals surface area contributed by atoms with Crippen molar-refractivity contribution < 1.29 is 4.39 Å². The highest BCUT2D eigenvalue weighted by Gasteiger charge is 2.16. The third-order valence-electron chi connectivity index (χ3n) is 5.07. The van der Waals surface area contributed by atoms with E-state index >= 15 is 0 Å². The Labute approximate surface area is 179 Å². The average Bonchev–Trinajstić information content (AvgIpc) is 2.83. The summed E-state index contributed by atoms with van der Waals surface area (Å²) in [5.41, 5.74) is 2.06. The number of benzene rings is 1. The Balaban J connectivity index is 1.87. The van der Waals surface area contributed by atoms with E-state index in [-0.39, 0.29) is 16.6 Å². The van der Waals surface area contributed by atoms with Crippen LogP contribution in [-0.2, 0) is 6.67 Å². The first-order valence-corrected chi connectivity index (χ1v) is 9.55. The first-order chi connectivity index (χ1) is 15.6. The van der Waals surface area contributed by atoms with Crippen LogP contribution in [0.5, 0.6) is 0 Å². The molecule has 0 radical (unpaired) electrons. The van der Waals surface area contributed by atoms with E-state index in [1.54, 1.807) is 48.5 Å². The summed E-state index contributed by atoms with van der Waals surface area (Å²) in [6.45, 7) is -0.694. The SMILES string of the molecule is N#Cc1ccc(-c2ccc3ncc4c(=O)[nH]c(=O)n(-c5cccc(CF)c5)c4c3n2)cn1. The highest BCUT2D eigenvalue weighted by Crippen LogP contribution is 2.25. The van der Waals surface area contributed by atoms with Crippen LogP contribution in [0.15, 0.2) is 70.5 Å². The minimum Gasteiger partial charge on any atom is -0.273 e. The maximum atomic E-state index is 13.3. The zero-order valence-electron chi connectivity index (χ0n) is 16.4. The van der Waals surface area contributed by atoms with Crippen LogP contribution in [-0.4, -0.2) is 24.5 Å². The number of nitrogens with one attached hydrogen (secondary N) is 1. The molecule has 4 heterocycles. The molecule has 32 heavy (non-hydrogen) atoms. The summed E-state index contributed by atoms with van der Waals surface area (Å²) in [4.78, 5) is 40.7. The van der Waals surface area contributed by atoms with E-state index < -0.39 is 17.9 Å². The van der Waals surface area contributed by atoms with Gasteiger partial charge in [0.15, 0.2) is 0 Å². The lowest BCUT2D eigenvalue weighted by Crippen LogP contribution is -2.29. The number of aromatic nitrogens is 5. The van der Waals surface area contributed by atoms with Crippen LogP contribution in [0.1, 0.15) is 11.3 Å². The van der Waals surface area contributed by atoms with E-state index in [2.05, 4.69) is 19.9 Å². The van der Waals surface area contributed by atoms with E-state index in [1.165, 1.54) is 17.0 Å². The molecule has 0 unspecified atom stereocenters. The van der Waals surface area contributed by atoms with Crippen molar-refractivity contribution in [3.05, 3.63) is 93.0 Å². The van der Waals surface area contributed by atoms with Crippen molar-refractivity contribution in [2.45, 2.75) is 6.67 Å². The first-order valence-electron chi connectivity index (χ1n) is 9.55. The lowest BCUT2D eigenvalue weighted by Gasteiger charge is -2.12. The van der Waals surface area contributed by atoms with E-state index in [1.807, 2.05) is 6.07 Å². The van der Waals surface area contributed by atoms with Gasteiger partial charge in [-0.3, -0.25) is 19.3 Å². The van der Waals surface area contributed by atoms with Crippen LogP contribution >= 0.6 is 0 Å². The Kier molecular flexibility index (Phi) is 4.53. The van der Waals surface area contributed by atoms with E-state index in [0.29, 0.717) is 33.5 Å². The van der Waals surface area contributed by atoms with Crippen molar-refractivity contribution in [2.24, 2.45) is 0 Å². The van der Waals surface area contributed by atoms with Crippen molar-refractivity contribution in [1.82, 2.24) is 24.5 Å². The lowest BCUT2D eigenvalue weighted by molar-refractivity contribution is 0.485. The number of rotatable bonds is 3. The zero-order valence-corrected chi connectivity index (χ0v) is 16.4. The fourth-order valence-corrected chi connectivity index (χ4v) is 3.56. The van der Waals surface area contributed by atoms with Gasteiger partial charge in [0.1, 0.15) is 24.0 Å². The van der Waals surface area contributed by atoms with Crippen LogP contribution < -0.4 is 11.2 Å². The summed E-state index contributed by atoms with van der Waals surface area (Å²) in [5.74, 6) is 0. The Morgan fingerprint density at radius 2 is 1.94 bits per heavy atom. The predicted octanol–water partition coefficient (Wildman–Crippen LogP) is 3.03. The molecule has 0 aliphatic heterocycles. The molecule has 0 atom stereocenters. The zero-order chi connectivity index (χ0) is 22.2. The smallest absolute Gasteiger partial charge is 0.273 e. The van der Waals surface area contributed by atoms with Crippen LogP contribution in [0, 0.1) is 11.3 Å². The quantitative estimate of drug-likeness (QED) is 0.445. The van der Waals surface area contributed by atoms with Gasteiger partial charge in [-0.15, -0.1) is 0 Å². The molecular formula is C23H13FN6O2. The summed E-state index contributed by atoms with van der Waals surface area (Å²) < 4.78 is 14.6. The molecule has 5 aromatic rings. The molecule has 8 nitrogen and oxygen atoms in total. The Morgan fingerprint density at radius 3 is 2.69 bits per heavy atom. The van der Waals surface area contributed by atoms with E-state index in [4.69, 9.17) is 5.26 Å². The molecule has 5 rings (SSSR count).